The summed E-state index contributed by atoms with van der Waals surface area (Å²) in [4.78, 5) is 14.3. The quantitative estimate of drug-likeness (QED) is 0.565. The van der Waals surface area contributed by atoms with Crippen molar-refractivity contribution in [3.05, 3.63) is 82.0 Å². The van der Waals surface area contributed by atoms with Crippen LogP contribution in [0.2, 0.25) is 0 Å². The van der Waals surface area contributed by atoms with Crippen LogP contribution < -0.4 is 0 Å². The van der Waals surface area contributed by atoms with E-state index in [9.17, 15) is 24.5 Å². The lowest BCUT2D eigenvalue weighted by Gasteiger charge is -2.35. The Kier molecular flexibility index (Phi) is 6.31. The Hall–Kier alpha value is -2.42. The molecule has 3 N–H and O–H groups in total. The van der Waals surface area contributed by atoms with E-state index in [-0.39, 0.29) is 5.82 Å². The molecule has 0 amide bonds. The standard InChI is InChI=1S/C24H23FO5S/c1-13-2-3-15(24-23(29)22(28)21(27)19(12-26)30-24)10-16(13)11-18-8-9-20(31-18)14-4-6-17(25)7-5-14/h2-10,19,21,23-24,26-27,29H,11-12H2,1H3/t19-,21-,23-,24+/m1/s1. The van der Waals surface area contributed by atoms with Gasteiger partial charge < -0.3 is 20.1 Å². The second-order valence-electron chi connectivity index (χ2n) is 7.71. The van der Waals surface area contributed by atoms with Crippen molar-refractivity contribution in [2.45, 2.75) is 37.8 Å². The fourth-order valence-electron chi connectivity index (χ4n) is 3.74. The predicted octanol–water partition coefficient (Wildman–Crippen LogP) is 3.18. The van der Waals surface area contributed by atoms with E-state index in [0.29, 0.717) is 12.0 Å². The van der Waals surface area contributed by atoms with E-state index < -0.39 is 36.8 Å². The molecule has 31 heavy (non-hydrogen) atoms. The van der Waals surface area contributed by atoms with Gasteiger partial charge in [0.2, 0.25) is 0 Å². The van der Waals surface area contributed by atoms with Crippen molar-refractivity contribution in [3.8, 4) is 10.4 Å². The molecule has 1 aliphatic rings. The molecule has 0 radical (unpaired) electrons. The van der Waals surface area contributed by atoms with Crippen molar-refractivity contribution >= 4 is 17.1 Å². The predicted molar refractivity (Wildman–Crippen MR) is 115 cm³/mol. The second kappa shape index (κ2) is 8.98. The van der Waals surface area contributed by atoms with Crippen LogP contribution in [-0.4, -0.2) is 46.0 Å². The SMILES string of the molecule is Cc1ccc([C@@H]2O[C@H](CO)[C@@H](O)C(=O)[C@H]2O)cc1Cc1ccc(-c2ccc(F)cc2)s1. The minimum Gasteiger partial charge on any atom is -0.394 e. The Balaban J connectivity index is 1.57. The number of aliphatic hydroxyl groups excluding tert-OH is 3. The molecule has 4 atom stereocenters. The van der Waals surface area contributed by atoms with Gasteiger partial charge in [0, 0.05) is 16.2 Å². The van der Waals surface area contributed by atoms with Gasteiger partial charge in [-0.2, -0.15) is 0 Å². The number of thiophene rings is 1. The molecule has 1 aromatic heterocycles. The molecule has 3 aromatic rings. The second-order valence-corrected chi connectivity index (χ2v) is 8.87. The number of Topliss-reactive ketones (excluding diaryl/α,β-unsaturated/α-hetero) is 1. The monoisotopic (exact) mass is 442 g/mol. The van der Waals surface area contributed by atoms with E-state index >= 15 is 0 Å². The fraction of sp³-hybridized carbons (Fsp3) is 0.292. The summed E-state index contributed by atoms with van der Waals surface area (Å²) in [6.07, 6.45) is -4.42. The Morgan fingerprint density at radius 2 is 1.77 bits per heavy atom. The van der Waals surface area contributed by atoms with Crippen LogP contribution in [0.15, 0.2) is 54.6 Å². The molecule has 2 aromatic carbocycles. The highest BCUT2D eigenvalue weighted by atomic mass is 32.1. The maximum Gasteiger partial charge on any atom is 0.195 e. The van der Waals surface area contributed by atoms with Crippen LogP contribution in [0.4, 0.5) is 4.39 Å². The molecule has 4 rings (SSSR count). The summed E-state index contributed by atoms with van der Waals surface area (Å²) in [5.74, 6) is -1.02. The molecule has 0 unspecified atom stereocenters. The van der Waals surface area contributed by atoms with Crippen molar-refractivity contribution in [2.75, 3.05) is 6.61 Å². The molecule has 0 saturated carbocycles. The highest BCUT2D eigenvalue weighted by Gasteiger charge is 2.43. The van der Waals surface area contributed by atoms with Crippen molar-refractivity contribution in [2.24, 2.45) is 0 Å². The van der Waals surface area contributed by atoms with Crippen molar-refractivity contribution < 1.29 is 29.2 Å². The first-order valence-electron chi connectivity index (χ1n) is 9.97. The normalized spacial score (nSPS) is 23.8. The van der Waals surface area contributed by atoms with Gasteiger partial charge in [0.25, 0.3) is 0 Å². The summed E-state index contributed by atoms with van der Waals surface area (Å²) in [5, 5.41) is 29.6. The minimum absolute atomic E-state index is 0.269. The Labute approximate surface area is 183 Å². The number of aryl methyl sites for hydroxylation is 1. The number of aliphatic hydroxyl groups is 3. The average molecular weight is 443 g/mol. The summed E-state index contributed by atoms with van der Waals surface area (Å²) in [6.45, 7) is 1.47. The molecule has 0 spiro atoms. The molecular weight excluding hydrogens is 419 g/mol. The lowest BCUT2D eigenvalue weighted by Crippen LogP contribution is -2.52. The highest BCUT2D eigenvalue weighted by molar-refractivity contribution is 7.15. The molecule has 1 saturated heterocycles. The first-order valence-corrected chi connectivity index (χ1v) is 10.8. The highest BCUT2D eigenvalue weighted by Crippen LogP contribution is 2.33. The van der Waals surface area contributed by atoms with Gasteiger partial charge in [0.1, 0.15) is 30.2 Å². The van der Waals surface area contributed by atoms with Crippen molar-refractivity contribution in [1.29, 1.82) is 0 Å². The molecular formula is C24H23FO5S. The molecule has 0 aliphatic carbocycles. The Bertz CT molecular complexity index is 1080. The van der Waals surface area contributed by atoms with Crippen LogP contribution in [0.1, 0.15) is 27.7 Å². The summed E-state index contributed by atoms with van der Waals surface area (Å²) in [5.41, 5.74) is 3.63. The Morgan fingerprint density at radius 1 is 1.03 bits per heavy atom. The zero-order valence-corrected chi connectivity index (χ0v) is 17.7. The number of hydrogen-bond donors (Lipinski definition) is 3. The smallest absolute Gasteiger partial charge is 0.195 e. The first kappa shape index (κ1) is 21.8. The summed E-state index contributed by atoms with van der Waals surface area (Å²) < 4.78 is 18.8. The summed E-state index contributed by atoms with van der Waals surface area (Å²) in [6, 6.07) is 16.0. The average Bonchev–Trinajstić information content (AvgIpc) is 3.23. The van der Waals surface area contributed by atoms with Gasteiger partial charge in [0.05, 0.1) is 6.61 Å². The van der Waals surface area contributed by atoms with Gasteiger partial charge in [0.15, 0.2) is 5.78 Å². The maximum absolute atomic E-state index is 13.2. The number of ketones is 1. The van der Waals surface area contributed by atoms with Gasteiger partial charge in [-0.3, -0.25) is 4.79 Å². The number of benzene rings is 2. The first-order chi connectivity index (χ1) is 14.9. The number of hydrogen-bond acceptors (Lipinski definition) is 6. The van der Waals surface area contributed by atoms with E-state index in [1.165, 1.54) is 12.1 Å². The zero-order valence-electron chi connectivity index (χ0n) is 16.9. The lowest BCUT2D eigenvalue weighted by molar-refractivity contribution is -0.189. The fourth-order valence-corrected chi connectivity index (χ4v) is 4.77. The molecule has 162 valence electrons. The van der Waals surface area contributed by atoms with Crippen LogP contribution in [0.25, 0.3) is 10.4 Å². The minimum atomic E-state index is -1.54. The van der Waals surface area contributed by atoms with Crippen LogP contribution >= 0.6 is 11.3 Å². The molecule has 5 nitrogen and oxygen atoms in total. The molecule has 1 fully saturated rings. The third kappa shape index (κ3) is 4.46. The van der Waals surface area contributed by atoms with Gasteiger partial charge >= 0.3 is 0 Å². The molecule has 1 aliphatic heterocycles. The van der Waals surface area contributed by atoms with Gasteiger partial charge in [-0.25, -0.2) is 4.39 Å². The van der Waals surface area contributed by atoms with Crippen LogP contribution in [0.3, 0.4) is 0 Å². The molecule has 2 heterocycles. The van der Waals surface area contributed by atoms with E-state index in [0.717, 1.165) is 26.4 Å². The molecule has 0 bridgehead atoms. The largest absolute Gasteiger partial charge is 0.394 e. The number of carbonyl (C=O) groups excluding carboxylic acids is 1. The number of halogens is 1. The van der Waals surface area contributed by atoms with Crippen LogP contribution in [0, 0.1) is 12.7 Å². The Morgan fingerprint density at radius 3 is 2.48 bits per heavy atom. The lowest BCUT2D eigenvalue weighted by atomic mass is 9.90. The van der Waals surface area contributed by atoms with Crippen LogP contribution in [-0.2, 0) is 16.0 Å². The van der Waals surface area contributed by atoms with E-state index in [1.54, 1.807) is 29.5 Å². The van der Waals surface area contributed by atoms with Crippen molar-refractivity contribution in [1.82, 2.24) is 0 Å². The van der Waals surface area contributed by atoms with Gasteiger partial charge in [-0.15, -0.1) is 11.3 Å². The van der Waals surface area contributed by atoms with Gasteiger partial charge in [-0.1, -0.05) is 30.3 Å². The third-order valence-electron chi connectivity index (χ3n) is 5.58. The van der Waals surface area contributed by atoms with Crippen LogP contribution in [0.5, 0.6) is 0 Å². The van der Waals surface area contributed by atoms with Crippen molar-refractivity contribution in [3.63, 3.8) is 0 Å². The number of carbonyl (C=O) groups is 1. The van der Waals surface area contributed by atoms with E-state index in [2.05, 4.69) is 0 Å². The van der Waals surface area contributed by atoms with Gasteiger partial charge in [-0.05, 0) is 53.4 Å². The topological polar surface area (TPSA) is 87.0 Å². The third-order valence-corrected chi connectivity index (χ3v) is 6.71. The maximum atomic E-state index is 13.2. The van der Waals surface area contributed by atoms with E-state index in [1.807, 2.05) is 31.2 Å². The zero-order chi connectivity index (χ0) is 22.1. The summed E-state index contributed by atoms with van der Waals surface area (Å²) >= 11 is 1.62. The number of rotatable bonds is 5. The van der Waals surface area contributed by atoms with E-state index in [4.69, 9.17) is 4.74 Å². The summed E-state index contributed by atoms with van der Waals surface area (Å²) in [7, 11) is 0. The number of ether oxygens (including phenoxy) is 1. The molecule has 7 heteroatoms.